The number of benzene rings is 4. The van der Waals surface area contributed by atoms with Crippen LogP contribution in [0.4, 0.5) is 0 Å². The molecule has 2 aliphatic heterocycles. The van der Waals surface area contributed by atoms with Gasteiger partial charge in [-0.1, -0.05) is 168 Å². The summed E-state index contributed by atoms with van der Waals surface area (Å²) in [5, 5.41) is 0. The molecule has 68 heavy (non-hydrogen) atoms. The molecule has 0 unspecified atom stereocenters. The van der Waals surface area contributed by atoms with Crippen molar-refractivity contribution in [2.24, 2.45) is 0 Å². The number of nitrogens with one attached hydrogen (secondary N) is 2. The third kappa shape index (κ3) is 6.90. The van der Waals surface area contributed by atoms with Gasteiger partial charge in [-0.2, -0.15) is 0 Å². The number of hydrogen-bond donors (Lipinski definition) is 2. The molecule has 0 atom stereocenters. The van der Waals surface area contributed by atoms with E-state index >= 15 is 0 Å². The molecule has 3 aromatic heterocycles. The number of nitrogens with zero attached hydrogens (tertiary/aromatic N) is 2. The molecular formula is C62H58N4O2. The van der Waals surface area contributed by atoms with Crippen molar-refractivity contribution in [1.82, 2.24) is 19.9 Å². The lowest BCUT2D eigenvalue weighted by Crippen LogP contribution is -2.16. The zero-order chi connectivity index (χ0) is 48.0. The average molecular weight is 891 g/mol. The van der Waals surface area contributed by atoms with Crippen LogP contribution in [0.2, 0.25) is 0 Å². The van der Waals surface area contributed by atoms with Crippen LogP contribution in [0.15, 0.2) is 103 Å². The Morgan fingerprint density at radius 3 is 1.34 bits per heavy atom. The molecule has 0 saturated carbocycles. The third-order valence-corrected chi connectivity index (χ3v) is 14.3. The predicted octanol–water partition coefficient (Wildman–Crippen LogP) is 15.6. The molecule has 338 valence electrons. The lowest BCUT2D eigenvalue weighted by molar-refractivity contribution is 0.103. The minimum Gasteiger partial charge on any atom is -0.354 e. The lowest BCUT2D eigenvalue weighted by Gasteiger charge is -2.26. The van der Waals surface area contributed by atoms with Gasteiger partial charge in [-0.25, -0.2) is 9.97 Å². The zero-order valence-electron chi connectivity index (χ0n) is 41.3. The molecule has 0 amide bonds. The second-order valence-electron chi connectivity index (χ2n) is 23.2. The monoisotopic (exact) mass is 890 g/mol. The molecule has 0 spiro atoms. The predicted molar refractivity (Wildman–Crippen MR) is 282 cm³/mol. The molecule has 2 aliphatic carbocycles. The summed E-state index contributed by atoms with van der Waals surface area (Å²) in [4.78, 5) is 48.4. The summed E-state index contributed by atoms with van der Waals surface area (Å²) >= 11 is 0. The molecule has 2 N–H and O–H groups in total. The van der Waals surface area contributed by atoms with Crippen LogP contribution in [0.5, 0.6) is 0 Å². The van der Waals surface area contributed by atoms with Crippen LogP contribution in [-0.4, -0.2) is 31.5 Å². The third-order valence-electron chi connectivity index (χ3n) is 14.3. The Kier molecular flexibility index (Phi) is 9.35. The molecule has 0 radical (unpaired) electrons. The van der Waals surface area contributed by atoms with E-state index in [0.717, 1.165) is 72.4 Å². The van der Waals surface area contributed by atoms with Crippen molar-refractivity contribution in [2.45, 2.75) is 105 Å². The van der Waals surface area contributed by atoms with Crippen molar-refractivity contribution in [2.75, 3.05) is 0 Å². The van der Waals surface area contributed by atoms with E-state index in [0.29, 0.717) is 39.2 Å². The summed E-state index contributed by atoms with van der Waals surface area (Å²) in [6.07, 6.45) is 6.22. The maximum Gasteiger partial charge on any atom is 0.195 e. The molecule has 7 aromatic rings. The van der Waals surface area contributed by atoms with Gasteiger partial charge in [-0.05, 0) is 103 Å². The number of aromatic amines is 2. The van der Waals surface area contributed by atoms with Crippen LogP contribution in [-0.2, 0) is 21.7 Å². The maximum atomic E-state index is 14.8. The van der Waals surface area contributed by atoms with Crippen molar-refractivity contribution >= 4 is 57.4 Å². The van der Waals surface area contributed by atoms with Gasteiger partial charge in [-0.15, -0.1) is 0 Å². The number of fused-ring (bicyclic) bond motifs is 12. The molecule has 11 rings (SSSR count). The molecule has 6 nitrogen and oxygen atoms in total. The van der Waals surface area contributed by atoms with Gasteiger partial charge in [0.05, 0.1) is 33.9 Å². The summed E-state index contributed by atoms with van der Waals surface area (Å²) in [6, 6.07) is 35.8. The van der Waals surface area contributed by atoms with Gasteiger partial charge < -0.3 is 9.97 Å². The number of H-pyrrole nitrogens is 2. The maximum absolute atomic E-state index is 14.8. The van der Waals surface area contributed by atoms with E-state index in [1.54, 1.807) is 0 Å². The number of hydrogen-bond acceptors (Lipinski definition) is 4. The first kappa shape index (κ1) is 43.4. The SMILES string of the molecule is CC(C)(C)c1cc(-c2c3nc(c(-c4cc(C(C)(C)C)cc(C(C)(C)C)c4)c4cc5c([nH]4)c(c4nc6c(c7ccc2[nH]7)-c2ccccc2C(=O)C6=C4)-c2ccccc2C5=O)C=C3)cc(C(C)(C)C)c1. The number of rotatable bonds is 2. The Labute approximate surface area is 399 Å². The fraction of sp³-hybridized carbons (Fsp3) is 0.258. The van der Waals surface area contributed by atoms with Crippen LogP contribution >= 0.6 is 0 Å². The molecule has 8 bridgehead atoms. The highest BCUT2D eigenvalue weighted by molar-refractivity contribution is 6.38. The van der Waals surface area contributed by atoms with Crippen molar-refractivity contribution in [1.29, 1.82) is 0 Å². The Balaban J connectivity index is 1.38. The number of carbonyl (C=O) groups is 2. The van der Waals surface area contributed by atoms with Crippen LogP contribution < -0.4 is 0 Å². The van der Waals surface area contributed by atoms with E-state index in [2.05, 4.69) is 154 Å². The fourth-order valence-corrected chi connectivity index (χ4v) is 10.3. The van der Waals surface area contributed by atoms with Crippen LogP contribution in [0, 0.1) is 0 Å². The van der Waals surface area contributed by atoms with Crippen molar-refractivity contribution < 1.29 is 9.59 Å². The van der Waals surface area contributed by atoms with E-state index in [9.17, 15) is 9.59 Å². The fourth-order valence-electron chi connectivity index (χ4n) is 10.3. The largest absolute Gasteiger partial charge is 0.354 e. The van der Waals surface area contributed by atoms with Crippen LogP contribution in [0.1, 0.15) is 154 Å². The highest BCUT2D eigenvalue weighted by Gasteiger charge is 2.35. The summed E-state index contributed by atoms with van der Waals surface area (Å²) in [5.74, 6) is -0.141. The van der Waals surface area contributed by atoms with Gasteiger partial charge in [0.15, 0.2) is 11.6 Å². The van der Waals surface area contributed by atoms with E-state index < -0.39 is 0 Å². The number of allylic oxidation sites excluding steroid dienone is 1. The van der Waals surface area contributed by atoms with Crippen molar-refractivity contribution in [3.63, 3.8) is 0 Å². The van der Waals surface area contributed by atoms with Crippen LogP contribution in [0.25, 0.3) is 90.4 Å². The first-order chi connectivity index (χ1) is 32.0. The van der Waals surface area contributed by atoms with Gasteiger partial charge in [0.1, 0.15) is 0 Å². The smallest absolute Gasteiger partial charge is 0.195 e. The minimum atomic E-state index is -0.155. The lowest BCUT2D eigenvalue weighted by atomic mass is 9.78. The standard InChI is InChI=1S/C62H58N4O2/c1-59(2,3)35-25-33(26-36(29-35)60(4,5)6)51-45-21-22-47(63-45)52(34-27-37(61(7,8)9)30-38(28-34)62(10,11)12)49-31-43-56(65-49)54(40-18-14-16-20-42(40)58(43)68)50-32-44-55(66-50)53(48-24-23-46(51)64-48)39-17-13-15-19-41(39)57(44)67/h13-32,64-65H,1-12H3. The molecule has 0 fully saturated rings. The number of Topliss-reactive ketones (excluding diaryl/α,β-unsaturated/α-hetero) is 1. The Hall–Kier alpha value is -7.18. The summed E-state index contributed by atoms with van der Waals surface area (Å²) in [7, 11) is 0. The minimum absolute atomic E-state index is 0.0660. The van der Waals surface area contributed by atoms with Gasteiger partial charge >= 0.3 is 0 Å². The van der Waals surface area contributed by atoms with Gasteiger partial charge in [0, 0.05) is 55.5 Å². The highest BCUT2D eigenvalue weighted by Crippen LogP contribution is 2.48. The number of ketones is 2. The molecule has 4 aliphatic rings. The van der Waals surface area contributed by atoms with Crippen molar-refractivity contribution in [3.8, 4) is 44.5 Å². The van der Waals surface area contributed by atoms with E-state index in [-0.39, 0.29) is 33.2 Å². The number of carbonyl (C=O) groups excluding carboxylic acids is 2. The number of aromatic nitrogens is 4. The first-order valence-corrected chi connectivity index (χ1v) is 23.9. The van der Waals surface area contributed by atoms with Gasteiger partial charge in [0.25, 0.3) is 0 Å². The second-order valence-corrected chi connectivity index (χ2v) is 23.2. The Bertz CT molecular complexity index is 3570. The molecule has 5 heterocycles. The molecule has 6 heteroatoms. The normalized spacial score (nSPS) is 14.3. The topological polar surface area (TPSA) is 91.5 Å². The zero-order valence-corrected chi connectivity index (χ0v) is 41.3. The van der Waals surface area contributed by atoms with Crippen LogP contribution in [0.3, 0.4) is 0 Å². The van der Waals surface area contributed by atoms with E-state index in [4.69, 9.17) is 9.97 Å². The van der Waals surface area contributed by atoms with Crippen molar-refractivity contribution in [3.05, 3.63) is 165 Å². The average Bonchev–Trinajstić information content (AvgIpc) is 4.11. The summed E-state index contributed by atoms with van der Waals surface area (Å²) in [6.45, 7) is 27.2. The van der Waals surface area contributed by atoms with Gasteiger partial charge in [0.2, 0.25) is 0 Å². The highest BCUT2D eigenvalue weighted by atomic mass is 16.1. The molecule has 0 saturated heterocycles. The van der Waals surface area contributed by atoms with E-state index in [1.165, 1.54) is 22.3 Å². The van der Waals surface area contributed by atoms with Gasteiger partial charge in [-0.3, -0.25) is 9.59 Å². The Morgan fingerprint density at radius 2 is 0.838 bits per heavy atom. The van der Waals surface area contributed by atoms with E-state index in [1.807, 2.05) is 60.7 Å². The second kappa shape index (κ2) is 14.7. The Morgan fingerprint density at radius 1 is 0.397 bits per heavy atom. The first-order valence-electron chi connectivity index (χ1n) is 23.9. The molecule has 4 aromatic carbocycles. The summed E-state index contributed by atoms with van der Waals surface area (Å²) in [5.41, 5.74) is 19.8. The summed E-state index contributed by atoms with van der Waals surface area (Å²) < 4.78 is 0. The molecular weight excluding hydrogens is 833 g/mol. The quantitative estimate of drug-likeness (QED) is 0.181.